The molecule has 0 radical (unpaired) electrons. The van der Waals surface area contributed by atoms with E-state index in [2.05, 4.69) is 10.3 Å². The number of rotatable bonds is 3. The molecule has 104 valence electrons. The van der Waals surface area contributed by atoms with Crippen LogP contribution in [-0.2, 0) is 6.54 Å². The number of nitrogens with two attached hydrogens (primary N) is 1. The zero-order valence-corrected chi connectivity index (χ0v) is 10.2. The lowest BCUT2D eigenvalue weighted by Crippen LogP contribution is -2.24. The lowest BCUT2D eigenvalue weighted by Gasteiger charge is -2.07. The molecule has 1 amide bonds. The summed E-state index contributed by atoms with van der Waals surface area (Å²) in [6.07, 6.45) is 1.24. The second-order valence-electron chi connectivity index (χ2n) is 4.00. The molecule has 0 aliphatic heterocycles. The molecule has 0 atom stereocenters. The van der Waals surface area contributed by atoms with Crippen molar-refractivity contribution < 1.29 is 18.0 Å². The third kappa shape index (κ3) is 3.05. The number of halogens is 3. The molecule has 20 heavy (non-hydrogen) atoms. The van der Waals surface area contributed by atoms with Gasteiger partial charge in [0, 0.05) is 30.4 Å². The predicted octanol–water partition coefficient (Wildman–Crippen LogP) is 2.01. The number of nitrogens with zero attached hydrogens (tertiary/aromatic N) is 1. The molecule has 3 N–H and O–H groups in total. The van der Waals surface area contributed by atoms with Gasteiger partial charge in [0.05, 0.1) is 5.56 Å². The van der Waals surface area contributed by atoms with Crippen molar-refractivity contribution in [3.63, 3.8) is 0 Å². The Bertz CT molecular complexity index is 621. The van der Waals surface area contributed by atoms with Gasteiger partial charge in [-0.1, -0.05) is 0 Å². The monoisotopic (exact) mass is 281 g/mol. The van der Waals surface area contributed by atoms with Crippen LogP contribution in [-0.4, -0.2) is 10.9 Å². The normalized spacial score (nSPS) is 10.3. The van der Waals surface area contributed by atoms with E-state index in [1.54, 1.807) is 0 Å². The summed E-state index contributed by atoms with van der Waals surface area (Å²) < 4.78 is 39.4. The highest BCUT2D eigenvalue weighted by Gasteiger charge is 2.13. The van der Waals surface area contributed by atoms with E-state index in [9.17, 15) is 18.0 Å². The van der Waals surface area contributed by atoms with E-state index in [1.807, 2.05) is 0 Å². The van der Waals surface area contributed by atoms with Crippen LogP contribution in [0.5, 0.6) is 0 Å². The number of carbonyl (C=O) groups excluding carboxylic acids is 1. The fraction of sp³-hybridized carbons (Fsp3) is 0.0769. The number of anilines is 1. The van der Waals surface area contributed by atoms with E-state index in [1.165, 1.54) is 18.3 Å². The number of benzene rings is 1. The first-order valence-electron chi connectivity index (χ1n) is 5.60. The van der Waals surface area contributed by atoms with Crippen LogP contribution >= 0.6 is 0 Å². The fourth-order valence-electron chi connectivity index (χ4n) is 1.55. The Balaban J connectivity index is 2.09. The van der Waals surface area contributed by atoms with Crippen LogP contribution < -0.4 is 11.1 Å². The predicted molar refractivity (Wildman–Crippen MR) is 66.1 cm³/mol. The van der Waals surface area contributed by atoms with Gasteiger partial charge in [-0.2, -0.15) is 0 Å². The average Bonchev–Trinajstić information content (AvgIpc) is 2.38. The third-order valence-electron chi connectivity index (χ3n) is 2.58. The van der Waals surface area contributed by atoms with Crippen LogP contribution in [0.15, 0.2) is 30.5 Å². The average molecular weight is 281 g/mol. The second-order valence-corrected chi connectivity index (χ2v) is 4.00. The minimum atomic E-state index is -1.06. The topological polar surface area (TPSA) is 68.0 Å². The first-order valence-corrected chi connectivity index (χ1v) is 5.60. The van der Waals surface area contributed by atoms with Gasteiger partial charge in [0.25, 0.3) is 5.91 Å². The van der Waals surface area contributed by atoms with Crippen molar-refractivity contribution in [3.05, 3.63) is 59.0 Å². The summed E-state index contributed by atoms with van der Waals surface area (Å²) in [6, 6.07) is 3.95. The molecule has 4 nitrogen and oxygen atoms in total. The molecule has 2 rings (SSSR count). The molecule has 1 heterocycles. The van der Waals surface area contributed by atoms with E-state index in [-0.39, 0.29) is 11.4 Å². The molecule has 1 aromatic heterocycles. The van der Waals surface area contributed by atoms with Crippen LogP contribution in [0, 0.1) is 17.5 Å². The minimum absolute atomic E-state index is 0.196. The number of amides is 1. The van der Waals surface area contributed by atoms with Crippen molar-refractivity contribution in [1.29, 1.82) is 0 Å². The van der Waals surface area contributed by atoms with Gasteiger partial charge in [-0.05, 0) is 12.1 Å². The van der Waals surface area contributed by atoms with Crippen molar-refractivity contribution in [2.24, 2.45) is 0 Å². The fourth-order valence-corrected chi connectivity index (χ4v) is 1.55. The Kier molecular flexibility index (Phi) is 3.88. The molecule has 0 saturated heterocycles. The molecule has 0 aliphatic rings. The van der Waals surface area contributed by atoms with Gasteiger partial charge >= 0.3 is 0 Å². The SMILES string of the molecule is Nc1ccc(C(=O)NCc2c(F)cc(F)cc2F)cn1. The van der Waals surface area contributed by atoms with Crippen LogP contribution in [0.1, 0.15) is 15.9 Å². The summed E-state index contributed by atoms with van der Waals surface area (Å²) in [6.45, 7) is -0.402. The van der Waals surface area contributed by atoms with Crippen molar-refractivity contribution >= 4 is 11.7 Å². The van der Waals surface area contributed by atoms with Crippen molar-refractivity contribution in [2.75, 3.05) is 5.73 Å². The van der Waals surface area contributed by atoms with Gasteiger partial charge in [0.15, 0.2) is 0 Å². The number of nitrogens with one attached hydrogen (secondary N) is 1. The van der Waals surface area contributed by atoms with Crippen LogP contribution in [0.2, 0.25) is 0 Å². The first kappa shape index (κ1) is 13.9. The quantitative estimate of drug-likeness (QED) is 0.904. The number of pyridine rings is 1. The Morgan fingerprint density at radius 2 is 1.85 bits per heavy atom. The molecule has 0 bridgehead atoms. The third-order valence-corrected chi connectivity index (χ3v) is 2.58. The number of carbonyl (C=O) groups is 1. The number of hydrogen-bond acceptors (Lipinski definition) is 3. The summed E-state index contributed by atoms with van der Waals surface area (Å²) in [4.78, 5) is 15.4. The maximum Gasteiger partial charge on any atom is 0.253 e. The van der Waals surface area contributed by atoms with Gasteiger partial charge in [0.1, 0.15) is 23.3 Å². The lowest BCUT2D eigenvalue weighted by atomic mass is 10.2. The molecule has 1 aromatic carbocycles. The Morgan fingerprint density at radius 1 is 1.20 bits per heavy atom. The second kappa shape index (κ2) is 5.60. The van der Waals surface area contributed by atoms with Crippen molar-refractivity contribution in [1.82, 2.24) is 10.3 Å². The summed E-state index contributed by atoms with van der Waals surface area (Å²) in [5, 5.41) is 2.31. The van der Waals surface area contributed by atoms with E-state index in [4.69, 9.17) is 5.73 Å². The highest BCUT2D eigenvalue weighted by molar-refractivity contribution is 5.93. The van der Waals surface area contributed by atoms with Crippen molar-refractivity contribution in [3.8, 4) is 0 Å². The highest BCUT2D eigenvalue weighted by atomic mass is 19.1. The smallest absolute Gasteiger partial charge is 0.253 e. The maximum atomic E-state index is 13.4. The van der Waals surface area contributed by atoms with Crippen LogP contribution in [0.25, 0.3) is 0 Å². The molecule has 0 saturated carbocycles. The Labute approximate surface area is 112 Å². The minimum Gasteiger partial charge on any atom is -0.384 e. The molecular formula is C13H10F3N3O. The van der Waals surface area contributed by atoms with E-state index in [0.29, 0.717) is 12.1 Å². The van der Waals surface area contributed by atoms with E-state index >= 15 is 0 Å². The first-order chi connectivity index (χ1) is 9.47. The van der Waals surface area contributed by atoms with Gasteiger partial charge in [-0.15, -0.1) is 0 Å². The number of hydrogen-bond donors (Lipinski definition) is 2. The largest absolute Gasteiger partial charge is 0.384 e. The van der Waals surface area contributed by atoms with Crippen LogP contribution in [0.4, 0.5) is 19.0 Å². The Morgan fingerprint density at radius 3 is 2.40 bits per heavy atom. The molecule has 0 unspecified atom stereocenters. The van der Waals surface area contributed by atoms with E-state index in [0.717, 1.165) is 0 Å². The maximum absolute atomic E-state index is 13.4. The molecule has 0 aliphatic carbocycles. The lowest BCUT2D eigenvalue weighted by molar-refractivity contribution is 0.0950. The highest BCUT2D eigenvalue weighted by Crippen LogP contribution is 2.14. The molecule has 0 spiro atoms. The van der Waals surface area contributed by atoms with Crippen LogP contribution in [0.3, 0.4) is 0 Å². The van der Waals surface area contributed by atoms with E-state index < -0.39 is 35.5 Å². The van der Waals surface area contributed by atoms with Gasteiger partial charge in [-0.25, -0.2) is 18.2 Å². The summed E-state index contributed by atoms with van der Waals surface area (Å²) >= 11 is 0. The standard InChI is InChI=1S/C13H10F3N3O/c14-8-3-10(15)9(11(16)4-8)6-19-13(20)7-1-2-12(17)18-5-7/h1-5H,6H2,(H2,17,18)(H,19,20). The molecular weight excluding hydrogens is 271 g/mol. The number of aromatic nitrogens is 1. The zero-order valence-electron chi connectivity index (χ0n) is 10.2. The summed E-state index contributed by atoms with van der Waals surface area (Å²) in [7, 11) is 0. The van der Waals surface area contributed by atoms with Gasteiger partial charge < -0.3 is 11.1 Å². The molecule has 0 fully saturated rings. The summed E-state index contributed by atoms with van der Waals surface area (Å²) in [5.74, 6) is -3.45. The molecule has 7 heteroatoms. The number of nitrogen functional groups attached to an aromatic ring is 1. The molecule has 2 aromatic rings. The van der Waals surface area contributed by atoms with Crippen molar-refractivity contribution in [2.45, 2.75) is 6.54 Å². The van der Waals surface area contributed by atoms with Gasteiger partial charge in [-0.3, -0.25) is 4.79 Å². The van der Waals surface area contributed by atoms with Gasteiger partial charge in [0.2, 0.25) is 0 Å². The Hall–Kier alpha value is -2.57. The summed E-state index contributed by atoms with van der Waals surface area (Å²) in [5.41, 5.74) is 5.15. The zero-order chi connectivity index (χ0) is 14.7.